The number of rotatable bonds is 5. The van der Waals surface area contributed by atoms with Crippen molar-refractivity contribution < 1.29 is 31.2 Å². The monoisotopic (exact) mass is 675 g/mol. The minimum Gasteiger partial charge on any atom is -0.335 e. The van der Waals surface area contributed by atoms with Gasteiger partial charge in [0, 0.05) is 28.5 Å². The predicted octanol–water partition coefficient (Wildman–Crippen LogP) is 5.14. The standard InChI is InChI=1S/C29H25BrF3N5O4S/c1-16-25(35-26(39)22-12-24(29(31,32)33)34-23-8-7-20(30)11-21(22)23)17(2)38(36-16)13-18-3-5-19(6-4-18)27(40)37-14-28(15-37)9-10-43(28,41)42/h3-8,11-12H,9-10,13-15H2,1-2H3,(H,35,39). The molecule has 1 spiro atoms. The molecule has 2 saturated heterocycles. The Hall–Kier alpha value is -3.78. The van der Waals surface area contributed by atoms with Gasteiger partial charge in [-0.2, -0.15) is 18.3 Å². The lowest BCUT2D eigenvalue weighted by Crippen LogP contribution is -2.72. The van der Waals surface area contributed by atoms with Crippen LogP contribution in [0.1, 0.15) is 49.8 Å². The molecule has 9 nitrogen and oxygen atoms in total. The van der Waals surface area contributed by atoms with Gasteiger partial charge in [-0.1, -0.05) is 28.1 Å². The van der Waals surface area contributed by atoms with Crippen molar-refractivity contribution in [3.63, 3.8) is 0 Å². The molecule has 1 N–H and O–H groups in total. The molecule has 2 aliphatic rings. The van der Waals surface area contributed by atoms with Crippen LogP contribution in [-0.4, -0.2) is 63.5 Å². The second-order valence-corrected chi connectivity index (χ2v) is 14.4. The summed E-state index contributed by atoms with van der Waals surface area (Å²) in [6, 6.07) is 12.2. The summed E-state index contributed by atoms with van der Waals surface area (Å²) < 4.78 is 66.2. The van der Waals surface area contributed by atoms with E-state index in [4.69, 9.17) is 0 Å². The summed E-state index contributed by atoms with van der Waals surface area (Å²) in [7, 11) is -3.10. The molecule has 2 fully saturated rings. The first kappa shape index (κ1) is 29.3. The van der Waals surface area contributed by atoms with Gasteiger partial charge in [0.25, 0.3) is 11.8 Å². The molecule has 2 aliphatic heterocycles. The van der Waals surface area contributed by atoms with E-state index in [0.29, 0.717) is 40.1 Å². The van der Waals surface area contributed by atoms with Crippen molar-refractivity contribution in [1.29, 1.82) is 0 Å². The maximum absolute atomic E-state index is 13.5. The number of halogens is 4. The Balaban J connectivity index is 1.19. The minimum atomic E-state index is -4.73. The number of hydrogen-bond acceptors (Lipinski definition) is 6. The number of nitrogens with zero attached hydrogens (tertiary/aromatic N) is 4. The molecule has 0 atom stereocenters. The maximum Gasteiger partial charge on any atom is 0.433 e. The number of aryl methyl sites for hydroxylation is 1. The van der Waals surface area contributed by atoms with Crippen molar-refractivity contribution in [2.45, 2.75) is 37.7 Å². The minimum absolute atomic E-state index is 0.0379. The van der Waals surface area contributed by atoms with E-state index in [2.05, 4.69) is 31.3 Å². The van der Waals surface area contributed by atoms with E-state index < -0.39 is 32.4 Å². The molecule has 2 amide bonds. The number of carbonyl (C=O) groups is 2. The van der Waals surface area contributed by atoms with Crippen molar-refractivity contribution in [2.75, 3.05) is 24.2 Å². The summed E-state index contributed by atoms with van der Waals surface area (Å²) in [5.41, 5.74) is 1.42. The smallest absolute Gasteiger partial charge is 0.335 e. The highest BCUT2D eigenvalue weighted by atomic mass is 79.9. The third kappa shape index (κ3) is 5.09. The van der Waals surface area contributed by atoms with Crippen LogP contribution in [0.3, 0.4) is 0 Å². The summed E-state index contributed by atoms with van der Waals surface area (Å²) in [6.07, 6.45) is -4.14. The molecule has 4 heterocycles. The molecule has 6 rings (SSSR count). The second-order valence-electron chi connectivity index (χ2n) is 11.0. The van der Waals surface area contributed by atoms with Crippen LogP contribution in [-0.2, 0) is 22.6 Å². The largest absolute Gasteiger partial charge is 0.433 e. The summed E-state index contributed by atoms with van der Waals surface area (Å²) in [6.45, 7) is 4.18. The summed E-state index contributed by atoms with van der Waals surface area (Å²) in [5.74, 6) is -0.772. The molecule has 224 valence electrons. The molecule has 14 heteroatoms. The van der Waals surface area contributed by atoms with Crippen LogP contribution in [0.4, 0.5) is 18.9 Å². The van der Waals surface area contributed by atoms with E-state index in [-0.39, 0.29) is 41.2 Å². The third-order valence-electron chi connectivity index (χ3n) is 8.19. The number of carbonyl (C=O) groups excluding carboxylic acids is 2. The summed E-state index contributed by atoms with van der Waals surface area (Å²) in [5, 5.41) is 7.51. The first-order valence-corrected chi connectivity index (χ1v) is 15.8. The van der Waals surface area contributed by atoms with Gasteiger partial charge in [0.15, 0.2) is 9.84 Å². The first-order valence-electron chi connectivity index (χ1n) is 13.3. The van der Waals surface area contributed by atoms with Gasteiger partial charge in [0.2, 0.25) is 0 Å². The predicted molar refractivity (Wildman–Crippen MR) is 157 cm³/mol. The van der Waals surface area contributed by atoms with Gasteiger partial charge >= 0.3 is 6.18 Å². The molecule has 0 bridgehead atoms. The summed E-state index contributed by atoms with van der Waals surface area (Å²) in [4.78, 5) is 31.4. The molecule has 4 aromatic rings. The lowest BCUT2D eigenvalue weighted by Gasteiger charge is -2.54. The van der Waals surface area contributed by atoms with Crippen molar-refractivity contribution in [2.24, 2.45) is 0 Å². The molecular formula is C29H25BrF3N5O4S. The number of nitrogens with one attached hydrogen (secondary N) is 1. The fourth-order valence-corrected chi connectivity index (χ4v) is 7.74. The van der Waals surface area contributed by atoms with Gasteiger partial charge in [0.05, 0.1) is 40.5 Å². The number of likely N-dealkylation sites (tertiary alicyclic amines) is 1. The maximum atomic E-state index is 13.5. The fraction of sp³-hybridized carbons (Fsp3) is 0.310. The van der Waals surface area contributed by atoms with Crippen LogP contribution in [0, 0.1) is 13.8 Å². The molecule has 0 saturated carbocycles. The van der Waals surface area contributed by atoms with Gasteiger partial charge < -0.3 is 10.2 Å². The topological polar surface area (TPSA) is 114 Å². The number of alkyl halides is 3. The first-order chi connectivity index (χ1) is 20.2. The van der Waals surface area contributed by atoms with E-state index in [1.165, 1.54) is 6.07 Å². The van der Waals surface area contributed by atoms with Gasteiger partial charge in [0.1, 0.15) is 10.4 Å². The van der Waals surface area contributed by atoms with Crippen LogP contribution in [0.2, 0.25) is 0 Å². The van der Waals surface area contributed by atoms with E-state index in [9.17, 15) is 31.2 Å². The number of fused-ring (bicyclic) bond motifs is 1. The van der Waals surface area contributed by atoms with E-state index in [1.807, 2.05) is 0 Å². The molecular weight excluding hydrogens is 651 g/mol. The summed E-state index contributed by atoms with van der Waals surface area (Å²) >= 11 is 3.30. The molecule has 2 aromatic heterocycles. The SMILES string of the molecule is Cc1nn(Cc2ccc(C(=O)N3CC4(CCS4(=O)=O)C3)cc2)c(C)c1NC(=O)c1cc(C(F)(F)F)nc2ccc(Br)cc12. The fourth-order valence-electron chi connectivity index (χ4n) is 5.56. The van der Waals surface area contributed by atoms with Crippen molar-refractivity contribution in [3.05, 3.63) is 86.8 Å². The Morgan fingerprint density at radius 3 is 2.37 bits per heavy atom. The number of amides is 2. The molecule has 0 radical (unpaired) electrons. The molecule has 2 aromatic carbocycles. The Morgan fingerprint density at radius 1 is 1.07 bits per heavy atom. The zero-order chi connectivity index (χ0) is 30.9. The number of benzene rings is 2. The van der Waals surface area contributed by atoms with Crippen LogP contribution >= 0.6 is 15.9 Å². The zero-order valence-corrected chi connectivity index (χ0v) is 25.4. The second kappa shape index (κ2) is 10.2. The number of anilines is 1. The Labute approximate surface area is 253 Å². The highest BCUT2D eigenvalue weighted by Gasteiger charge is 2.60. The molecule has 43 heavy (non-hydrogen) atoms. The van der Waals surface area contributed by atoms with Gasteiger partial charge in [-0.05, 0) is 62.2 Å². The average Bonchev–Trinajstić information content (AvgIpc) is 3.18. The lowest BCUT2D eigenvalue weighted by atomic mass is 9.93. The Bertz CT molecular complexity index is 1920. The van der Waals surface area contributed by atoms with Crippen molar-refractivity contribution in [1.82, 2.24) is 19.7 Å². The van der Waals surface area contributed by atoms with Gasteiger partial charge in [-0.15, -0.1) is 0 Å². The number of pyridine rings is 1. The van der Waals surface area contributed by atoms with Crippen molar-refractivity contribution in [3.8, 4) is 0 Å². The normalized spacial score (nSPS) is 17.0. The van der Waals surface area contributed by atoms with Crippen LogP contribution in [0.25, 0.3) is 10.9 Å². The van der Waals surface area contributed by atoms with Crippen LogP contribution < -0.4 is 5.32 Å². The number of hydrogen-bond donors (Lipinski definition) is 1. The highest BCUT2D eigenvalue weighted by molar-refractivity contribution is 9.10. The van der Waals surface area contributed by atoms with E-state index in [0.717, 1.165) is 11.6 Å². The van der Waals surface area contributed by atoms with Gasteiger partial charge in [-0.3, -0.25) is 14.3 Å². The van der Waals surface area contributed by atoms with Crippen molar-refractivity contribution >= 4 is 54.2 Å². The Kier molecular flexibility index (Phi) is 6.92. The lowest BCUT2D eigenvalue weighted by molar-refractivity contribution is -0.141. The third-order valence-corrected chi connectivity index (χ3v) is 11.2. The number of aromatic nitrogens is 3. The Morgan fingerprint density at radius 2 is 1.77 bits per heavy atom. The molecule has 0 aliphatic carbocycles. The van der Waals surface area contributed by atoms with Crippen LogP contribution in [0.5, 0.6) is 0 Å². The van der Waals surface area contributed by atoms with Crippen LogP contribution in [0.15, 0.2) is 53.0 Å². The highest BCUT2D eigenvalue weighted by Crippen LogP contribution is 2.42. The number of sulfone groups is 1. The van der Waals surface area contributed by atoms with Gasteiger partial charge in [-0.25, -0.2) is 13.4 Å². The average molecular weight is 677 g/mol. The zero-order valence-electron chi connectivity index (χ0n) is 23.0. The quantitative estimate of drug-likeness (QED) is 0.313. The van der Waals surface area contributed by atoms with E-state index >= 15 is 0 Å². The van der Waals surface area contributed by atoms with E-state index in [1.54, 1.807) is 59.8 Å². The molecule has 0 unspecified atom stereocenters.